The van der Waals surface area contributed by atoms with Gasteiger partial charge in [0.2, 0.25) is 5.88 Å². The Balaban J connectivity index is 1.31. The Kier molecular flexibility index (Phi) is 12.0. The quantitative estimate of drug-likeness (QED) is 0.138. The molecule has 0 fully saturated rings. The lowest BCUT2D eigenvalue weighted by molar-refractivity contribution is -0.138. The molecule has 0 spiro atoms. The lowest BCUT2D eigenvalue weighted by Crippen LogP contribution is -2.37. The van der Waals surface area contributed by atoms with E-state index in [1.165, 1.54) is 24.3 Å². The number of rotatable bonds is 17. The highest BCUT2D eigenvalue weighted by molar-refractivity contribution is 5.77. The Labute approximate surface area is 246 Å². The first kappa shape index (κ1) is 30.4. The zero-order valence-electron chi connectivity index (χ0n) is 23.7. The van der Waals surface area contributed by atoms with Crippen LogP contribution in [0.5, 0.6) is 5.88 Å². The molecule has 0 radical (unpaired) electrons. The second-order valence-electron chi connectivity index (χ2n) is 9.90. The van der Waals surface area contributed by atoms with Crippen LogP contribution >= 0.6 is 0 Å². The number of allylic oxidation sites excluding steroid dienone is 1. The predicted molar refractivity (Wildman–Crippen MR) is 163 cm³/mol. The van der Waals surface area contributed by atoms with Gasteiger partial charge < -0.3 is 26.2 Å². The average Bonchev–Trinajstić information content (AvgIpc) is 3.01. The Morgan fingerprint density at radius 3 is 2.95 bits per heavy atom. The lowest BCUT2D eigenvalue weighted by atomic mass is 10.1. The molecular formula is C30H39N9O3. The fourth-order valence-electron chi connectivity index (χ4n) is 4.61. The number of nitrogens with one attached hydrogen (secondary N) is 2. The maximum absolute atomic E-state index is 12.1. The van der Waals surface area contributed by atoms with E-state index in [-0.39, 0.29) is 0 Å². The van der Waals surface area contributed by atoms with Crippen LogP contribution in [0.2, 0.25) is 0 Å². The van der Waals surface area contributed by atoms with E-state index in [1.54, 1.807) is 18.3 Å². The number of anilines is 2. The van der Waals surface area contributed by atoms with E-state index in [0.29, 0.717) is 43.6 Å². The van der Waals surface area contributed by atoms with Crippen molar-refractivity contribution in [2.75, 3.05) is 43.4 Å². The molecule has 1 aliphatic heterocycles. The SMILES string of the molecule is NC=CC=Nc1cc(N[C@@H](CCN(CCCCc2ccc3c(n2)NCCC3)CCOc2ccccn2)C(=O)O)ncn1. The number of aryl methyl sites for hydroxylation is 2. The molecule has 0 saturated heterocycles. The van der Waals surface area contributed by atoms with Crippen LogP contribution in [0.4, 0.5) is 17.5 Å². The highest BCUT2D eigenvalue weighted by Gasteiger charge is 2.20. The number of aliphatic carboxylic acids is 1. The van der Waals surface area contributed by atoms with Crippen LogP contribution < -0.4 is 21.1 Å². The Hall–Kier alpha value is -4.58. The molecule has 3 aromatic rings. The van der Waals surface area contributed by atoms with E-state index < -0.39 is 12.0 Å². The first-order valence-electron chi connectivity index (χ1n) is 14.3. The van der Waals surface area contributed by atoms with Gasteiger partial charge in [0, 0.05) is 49.9 Å². The van der Waals surface area contributed by atoms with Crippen molar-refractivity contribution in [2.45, 2.75) is 44.6 Å². The van der Waals surface area contributed by atoms with Crippen molar-refractivity contribution in [3.8, 4) is 5.88 Å². The minimum Gasteiger partial charge on any atom is -0.480 e. The molecule has 5 N–H and O–H groups in total. The van der Waals surface area contributed by atoms with Crippen LogP contribution in [0, 0.1) is 0 Å². The molecule has 1 aliphatic rings. The number of nitrogens with zero attached hydrogens (tertiary/aromatic N) is 6. The van der Waals surface area contributed by atoms with E-state index >= 15 is 0 Å². The van der Waals surface area contributed by atoms with Gasteiger partial charge in [0.15, 0.2) is 5.82 Å². The molecule has 0 bridgehead atoms. The van der Waals surface area contributed by atoms with Crippen LogP contribution in [-0.4, -0.2) is 81.0 Å². The summed E-state index contributed by atoms with van der Waals surface area (Å²) in [7, 11) is 0. The van der Waals surface area contributed by atoms with Crippen LogP contribution in [0.25, 0.3) is 0 Å². The number of nitrogens with two attached hydrogens (primary N) is 1. The number of ether oxygens (including phenoxy) is 1. The highest BCUT2D eigenvalue weighted by Crippen LogP contribution is 2.20. The van der Waals surface area contributed by atoms with Crippen molar-refractivity contribution in [3.63, 3.8) is 0 Å². The zero-order chi connectivity index (χ0) is 29.4. The third-order valence-corrected chi connectivity index (χ3v) is 6.82. The lowest BCUT2D eigenvalue weighted by Gasteiger charge is -2.24. The number of fused-ring (bicyclic) bond motifs is 1. The first-order chi connectivity index (χ1) is 20.6. The molecule has 12 nitrogen and oxygen atoms in total. The molecule has 4 rings (SSSR count). The third kappa shape index (κ3) is 10.1. The number of hydrogen-bond donors (Lipinski definition) is 4. The average molecular weight is 574 g/mol. The second kappa shape index (κ2) is 16.6. The van der Waals surface area contributed by atoms with Crippen molar-refractivity contribution in [1.29, 1.82) is 0 Å². The van der Waals surface area contributed by atoms with E-state index in [1.807, 2.05) is 18.2 Å². The summed E-state index contributed by atoms with van der Waals surface area (Å²) in [6.07, 6.45) is 12.9. The number of unbranched alkanes of at least 4 members (excludes halogenated alkanes) is 1. The van der Waals surface area contributed by atoms with Gasteiger partial charge in [-0.15, -0.1) is 0 Å². The van der Waals surface area contributed by atoms with Crippen molar-refractivity contribution in [3.05, 3.63) is 72.5 Å². The van der Waals surface area contributed by atoms with Gasteiger partial charge in [-0.25, -0.2) is 29.7 Å². The minimum absolute atomic E-state index is 0.371. The maximum Gasteiger partial charge on any atom is 0.326 e. The molecule has 222 valence electrons. The van der Waals surface area contributed by atoms with Gasteiger partial charge in [-0.2, -0.15) is 0 Å². The first-order valence-corrected chi connectivity index (χ1v) is 14.3. The number of pyridine rings is 2. The van der Waals surface area contributed by atoms with Gasteiger partial charge in [0.05, 0.1) is 0 Å². The Bertz CT molecular complexity index is 1320. The van der Waals surface area contributed by atoms with Crippen molar-refractivity contribution in [1.82, 2.24) is 24.8 Å². The molecule has 3 aromatic heterocycles. The van der Waals surface area contributed by atoms with Crippen molar-refractivity contribution >= 4 is 29.6 Å². The summed E-state index contributed by atoms with van der Waals surface area (Å²) in [6, 6.07) is 10.6. The summed E-state index contributed by atoms with van der Waals surface area (Å²) in [6.45, 7) is 3.44. The summed E-state index contributed by atoms with van der Waals surface area (Å²) < 4.78 is 5.82. The molecule has 0 aromatic carbocycles. The van der Waals surface area contributed by atoms with Gasteiger partial charge in [-0.1, -0.05) is 12.1 Å². The highest BCUT2D eigenvalue weighted by atomic mass is 16.5. The molecule has 0 saturated carbocycles. The van der Waals surface area contributed by atoms with E-state index in [2.05, 4.69) is 47.6 Å². The summed E-state index contributed by atoms with van der Waals surface area (Å²) in [4.78, 5) is 35.8. The topological polar surface area (TPSA) is 164 Å². The van der Waals surface area contributed by atoms with Crippen molar-refractivity contribution in [2.24, 2.45) is 10.7 Å². The number of hydrogen-bond acceptors (Lipinski definition) is 11. The molecule has 1 atom stereocenters. The zero-order valence-corrected chi connectivity index (χ0v) is 23.7. The minimum atomic E-state index is -0.957. The number of aliphatic imine (C=N–C) groups is 1. The van der Waals surface area contributed by atoms with Gasteiger partial charge in [0.1, 0.15) is 30.6 Å². The van der Waals surface area contributed by atoms with Gasteiger partial charge >= 0.3 is 5.97 Å². The molecule has 12 heteroatoms. The van der Waals surface area contributed by atoms with Gasteiger partial charge in [-0.05, 0) is 75.0 Å². The number of carbonyl (C=O) groups is 1. The van der Waals surface area contributed by atoms with E-state index in [4.69, 9.17) is 15.5 Å². The normalized spacial score (nSPS) is 13.6. The summed E-state index contributed by atoms with van der Waals surface area (Å²) in [5, 5.41) is 16.3. The van der Waals surface area contributed by atoms with E-state index in [0.717, 1.165) is 56.7 Å². The summed E-state index contributed by atoms with van der Waals surface area (Å²) in [5.41, 5.74) is 7.71. The Morgan fingerprint density at radius 1 is 1.19 bits per heavy atom. The monoisotopic (exact) mass is 573 g/mol. The van der Waals surface area contributed by atoms with Crippen LogP contribution in [0.15, 0.2) is 66.2 Å². The smallest absolute Gasteiger partial charge is 0.326 e. The van der Waals surface area contributed by atoms with Crippen molar-refractivity contribution < 1.29 is 14.6 Å². The third-order valence-electron chi connectivity index (χ3n) is 6.82. The van der Waals surface area contributed by atoms with Crippen LogP contribution in [0.3, 0.4) is 0 Å². The molecule has 42 heavy (non-hydrogen) atoms. The summed E-state index contributed by atoms with van der Waals surface area (Å²) in [5.74, 6) is 1.42. The molecular weight excluding hydrogens is 534 g/mol. The molecule has 0 aliphatic carbocycles. The van der Waals surface area contributed by atoms with Gasteiger partial charge in [-0.3, -0.25) is 4.90 Å². The fraction of sp³-hybridized carbons (Fsp3) is 0.400. The van der Waals surface area contributed by atoms with Crippen LogP contribution in [0.1, 0.15) is 36.9 Å². The molecule has 4 heterocycles. The standard InChI is InChI=1S/C30H39N9O3/c31-13-6-16-32-26-21-27(36-22-35-26)38-25(30(40)41)12-18-39(19-20-42-28-9-1-3-14-33-28)17-4-2-8-24-11-10-23-7-5-15-34-29(23)37-24/h1,3,6,9-11,13-14,16,21-22,25H,2,4-5,7-8,12,15,17-20,31H2,(H,34,37)(H,40,41)(H,35,36,38)/t25-/m0/s1. The maximum atomic E-state index is 12.1. The second-order valence-corrected chi connectivity index (χ2v) is 9.90. The van der Waals surface area contributed by atoms with Gasteiger partial charge in [0.25, 0.3) is 0 Å². The van der Waals surface area contributed by atoms with E-state index in [9.17, 15) is 9.90 Å². The molecule has 0 amide bonds. The molecule has 0 unspecified atom stereocenters. The number of carboxylic acid groups (broad SMARTS) is 1. The number of carboxylic acids is 1. The summed E-state index contributed by atoms with van der Waals surface area (Å²) >= 11 is 0. The Morgan fingerprint density at radius 2 is 2.12 bits per heavy atom. The van der Waals surface area contributed by atoms with Crippen LogP contribution in [-0.2, 0) is 17.6 Å². The predicted octanol–water partition coefficient (Wildman–Crippen LogP) is 3.46. The number of aromatic nitrogens is 4. The largest absolute Gasteiger partial charge is 0.480 e. The fourth-order valence-corrected chi connectivity index (χ4v) is 4.61.